The van der Waals surface area contributed by atoms with Crippen molar-refractivity contribution in [2.75, 3.05) is 0 Å². The molecule has 1 heterocycles. The predicted octanol–water partition coefficient (Wildman–Crippen LogP) is 4.13. The molecule has 4 heteroatoms. The van der Waals surface area contributed by atoms with Gasteiger partial charge in [0.25, 0.3) is 0 Å². The van der Waals surface area contributed by atoms with E-state index in [0.717, 1.165) is 24.0 Å². The van der Waals surface area contributed by atoms with Gasteiger partial charge in [0, 0.05) is 16.1 Å². The zero-order valence-corrected chi connectivity index (χ0v) is 13.3. The van der Waals surface area contributed by atoms with Crippen molar-refractivity contribution in [3.05, 3.63) is 70.7 Å². The van der Waals surface area contributed by atoms with Crippen LogP contribution in [0.2, 0.25) is 5.02 Å². The first-order valence-corrected chi connectivity index (χ1v) is 8.20. The average Bonchev–Trinajstić information content (AvgIpc) is 2.56. The second kappa shape index (κ2) is 5.50. The Hall–Kier alpha value is -2.13. The topological polar surface area (TPSA) is 38.7 Å². The fraction of sp³-hybridized carbons (Fsp3) is 0.263. The summed E-state index contributed by atoms with van der Waals surface area (Å²) in [4.78, 5) is 17.7. The number of nitrogens with zero attached hydrogens (tertiary/aromatic N) is 1. The van der Waals surface area contributed by atoms with Gasteiger partial charge in [-0.3, -0.25) is 4.79 Å². The number of aliphatic imine (C=N–C) groups is 1. The molecule has 1 saturated carbocycles. The summed E-state index contributed by atoms with van der Waals surface area (Å²) in [5, 5.41) is 0.583. The van der Waals surface area contributed by atoms with Gasteiger partial charge in [-0.1, -0.05) is 48.0 Å². The first kappa shape index (κ1) is 14.5. The van der Waals surface area contributed by atoms with Crippen LogP contribution in [0.3, 0.4) is 0 Å². The van der Waals surface area contributed by atoms with Crippen molar-refractivity contribution in [1.82, 2.24) is 0 Å². The van der Waals surface area contributed by atoms with E-state index >= 15 is 0 Å². The number of Topliss-reactive ketones (excluding diaryl/α,β-unsaturated/α-hetero) is 1. The number of ketones is 1. The third-order valence-corrected chi connectivity index (χ3v) is 4.92. The largest absolute Gasteiger partial charge is 0.466 e. The fourth-order valence-electron chi connectivity index (χ4n) is 3.46. The summed E-state index contributed by atoms with van der Waals surface area (Å²) in [5.74, 6) is 0.561. The number of hydrogen-bond donors (Lipinski definition) is 0. The number of rotatable bonds is 2. The Morgan fingerprint density at radius 1 is 1.09 bits per heavy atom. The highest BCUT2D eigenvalue weighted by Crippen LogP contribution is 2.44. The Bertz CT molecular complexity index is 787. The van der Waals surface area contributed by atoms with E-state index in [1.807, 2.05) is 54.6 Å². The molecule has 2 aliphatic rings. The summed E-state index contributed by atoms with van der Waals surface area (Å²) in [6, 6.07) is 17.2. The van der Waals surface area contributed by atoms with Crippen molar-refractivity contribution < 1.29 is 9.53 Å². The molecule has 0 radical (unpaired) electrons. The standard InChI is InChI=1S/C19H16ClNO2/c20-15-10-5-4-9-14(15)19-12-6-11-16(17(19)22)23-18(21-19)13-7-2-1-3-8-13/h1-5,7-10,16H,6,11-12H2/t16-,19-/m1/s1. The lowest BCUT2D eigenvalue weighted by Crippen LogP contribution is -2.51. The molecule has 1 aliphatic heterocycles. The monoisotopic (exact) mass is 325 g/mol. The molecule has 0 N–H and O–H groups in total. The van der Waals surface area contributed by atoms with Crippen molar-refractivity contribution >= 4 is 23.3 Å². The minimum Gasteiger partial charge on any atom is -0.466 e. The molecule has 2 bridgehead atoms. The summed E-state index contributed by atoms with van der Waals surface area (Å²) >= 11 is 6.39. The summed E-state index contributed by atoms with van der Waals surface area (Å²) < 4.78 is 5.90. The van der Waals surface area contributed by atoms with Crippen molar-refractivity contribution in [3.63, 3.8) is 0 Å². The van der Waals surface area contributed by atoms with Crippen LogP contribution in [-0.2, 0) is 15.1 Å². The summed E-state index contributed by atoms with van der Waals surface area (Å²) in [6.45, 7) is 0. The number of ether oxygens (including phenoxy) is 1. The fourth-order valence-corrected chi connectivity index (χ4v) is 3.75. The van der Waals surface area contributed by atoms with Crippen molar-refractivity contribution in [3.8, 4) is 0 Å². The van der Waals surface area contributed by atoms with Crippen LogP contribution in [0.1, 0.15) is 30.4 Å². The van der Waals surface area contributed by atoms with Gasteiger partial charge < -0.3 is 4.74 Å². The summed E-state index contributed by atoms with van der Waals surface area (Å²) in [5.41, 5.74) is 0.765. The first-order valence-electron chi connectivity index (χ1n) is 7.82. The summed E-state index contributed by atoms with van der Waals surface area (Å²) in [6.07, 6.45) is 1.86. The van der Waals surface area contributed by atoms with E-state index in [9.17, 15) is 4.79 Å². The van der Waals surface area contributed by atoms with E-state index in [1.165, 1.54) is 0 Å². The zero-order chi connectivity index (χ0) is 15.9. The van der Waals surface area contributed by atoms with Crippen LogP contribution in [0, 0.1) is 0 Å². The van der Waals surface area contributed by atoms with E-state index in [0.29, 0.717) is 17.3 Å². The Morgan fingerprint density at radius 3 is 2.61 bits per heavy atom. The minimum absolute atomic E-state index is 0.0246. The van der Waals surface area contributed by atoms with Crippen molar-refractivity contribution in [2.24, 2.45) is 4.99 Å². The maximum absolute atomic E-state index is 13.0. The third-order valence-electron chi connectivity index (χ3n) is 4.59. The van der Waals surface area contributed by atoms with Gasteiger partial charge in [-0.05, 0) is 37.5 Å². The lowest BCUT2D eigenvalue weighted by Gasteiger charge is -2.41. The molecule has 4 rings (SSSR count). The normalized spacial score (nSPS) is 26.4. The van der Waals surface area contributed by atoms with Gasteiger partial charge in [-0.25, -0.2) is 4.99 Å². The highest BCUT2D eigenvalue weighted by atomic mass is 35.5. The Kier molecular flexibility index (Phi) is 3.46. The molecule has 0 aromatic heterocycles. The van der Waals surface area contributed by atoms with Gasteiger partial charge >= 0.3 is 0 Å². The van der Waals surface area contributed by atoms with Crippen LogP contribution in [0.5, 0.6) is 0 Å². The molecule has 23 heavy (non-hydrogen) atoms. The molecule has 1 aliphatic carbocycles. The number of carbonyl (C=O) groups excluding carboxylic acids is 1. The van der Waals surface area contributed by atoms with Crippen molar-refractivity contribution in [2.45, 2.75) is 30.9 Å². The minimum atomic E-state index is -0.912. The van der Waals surface area contributed by atoms with Gasteiger partial charge in [-0.2, -0.15) is 0 Å². The SMILES string of the molecule is O=C1[C@H]2CCC[C@]1(c1ccccc1Cl)N=C(c1ccccc1)O2. The Balaban J connectivity index is 1.91. The predicted molar refractivity (Wildman–Crippen MR) is 89.8 cm³/mol. The van der Waals surface area contributed by atoms with E-state index < -0.39 is 11.6 Å². The van der Waals surface area contributed by atoms with Gasteiger partial charge in [0.1, 0.15) is 0 Å². The average molecular weight is 326 g/mol. The van der Waals surface area contributed by atoms with E-state index in [2.05, 4.69) is 0 Å². The molecule has 0 unspecified atom stereocenters. The Morgan fingerprint density at radius 2 is 1.83 bits per heavy atom. The number of fused-ring (bicyclic) bond motifs is 2. The van der Waals surface area contributed by atoms with E-state index in [-0.39, 0.29) is 5.78 Å². The maximum Gasteiger partial charge on any atom is 0.218 e. The van der Waals surface area contributed by atoms with Gasteiger partial charge in [0.15, 0.2) is 11.6 Å². The van der Waals surface area contributed by atoms with Crippen LogP contribution in [0.15, 0.2) is 59.6 Å². The molecule has 0 saturated heterocycles. The van der Waals surface area contributed by atoms with Gasteiger partial charge in [0.05, 0.1) is 0 Å². The molecule has 1 fully saturated rings. The highest BCUT2D eigenvalue weighted by Gasteiger charge is 2.51. The van der Waals surface area contributed by atoms with Crippen LogP contribution in [0.4, 0.5) is 0 Å². The molecule has 3 nitrogen and oxygen atoms in total. The smallest absolute Gasteiger partial charge is 0.218 e. The lowest BCUT2D eigenvalue weighted by atomic mass is 9.74. The van der Waals surface area contributed by atoms with Gasteiger partial charge in [0.2, 0.25) is 11.7 Å². The third kappa shape index (κ3) is 2.27. The van der Waals surface area contributed by atoms with Crippen molar-refractivity contribution in [1.29, 1.82) is 0 Å². The van der Waals surface area contributed by atoms with Crippen LogP contribution in [0.25, 0.3) is 0 Å². The number of carbonyl (C=O) groups is 1. The molecule has 116 valence electrons. The Labute approximate surface area is 140 Å². The molecular formula is C19H16ClNO2. The number of halogens is 1. The molecule has 0 spiro atoms. The second-order valence-corrected chi connectivity index (χ2v) is 6.39. The summed E-state index contributed by atoms with van der Waals surface area (Å²) in [7, 11) is 0. The highest BCUT2D eigenvalue weighted by molar-refractivity contribution is 6.32. The second-order valence-electron chi connectivity index (χ2n) is 5.99. The molecule has 2 atom stereocenters. The lowest BCUT2D eigenvalue weighted by molar-refractivity contribution is -0.137. The first-order chi connectivity index (χ1) is 11.2. The molecule has 0 amide bonds. The van der Waals surface area contributed by atoms with Gasteiger partial charge in [-0.15, -0.1) is 0 Å². The zero-order valence-electron chi connectivity index (χ0n) is 12.5. The van der Waals surface area contributed by atoms with E-state index in [4.69, 9.17) is 21.3 Å². The molecule has 2 aromatic rings. The van der Waals surface area contributed by atoms with Crippen LogP contribution in [-0.4, -0.2) is 17.8 Å². The molecule has 2 aromatic carbocycles. The maximum atomic E-state index is 13.0. The molecular weight excluding hydrogens is 310 g/mol. The number of hydrogen-bond acceptors (Lipinski definition) is 3. The van der Waals surface area contributed by atoms with Crippen LogP contribution >= 0.6 is 11.6 Å². The number of benzene rings is 2. The quantitative estimate of drug-likeness (QED) is 0.832. The van der Waals surface area contributed by atoms with Crippen LogP contribution < -0.4 is 0 Å². The van der Waals surface area contributed by atoms with E-state index in [1.54, 1.807) is 0 Å².